The fourth-order valence-corrected chi connectivity index (χ4v) is 1.36. The van der Waals surface area contributed by atoms with Crippen LogP contribution in [-0.2, 0) is 12.1 Å². The lowest BCUT2D eigenvalue weighted by Gasteiger charge is -2.13. The van der Waals surface area contributed by atoms with Crippen LogP contribution in [0, 0.1) is 0 Å². The van der Waals surface area contributed by atoms with E-state index >= 15 is 0 Å². The normalized spacial score (nSPS) is 11.7. The zero-order valence-electron chi connectivity index (χ0n) is 10.1. The van der Waals surface area contributed by atoms with Crippen LogP contribution in [0.4, 0.5) is 0 Å². The van der Waals surface area contributed by atoms with Crippen molar-refractivity contribution in [1.29, 1.82) is 0 Å². The molecule has 0 unspecified atom stereocenters. The Morgan fingerprint density at radius 1 is 1.56 bits per heavy atom. The molecule has 2 aromatic heterocycles. The average Bonchev–Trinajstić information content (AvgIpc) is 2.72. The van der Waals surface area contributed by atoms with Crippen LogP contribution in [0.2, 0.25) is 0 Å². The molecule has 96 valence electrons. The van der Waals surface area contributed by atoms with Gasteiger partial charge >= 0.3 is 0 Å². The minimum Gasteiger partial charge on any atom is -0.502 e. The molecule has 2 rings (SSSR count). The lowest BCUT2D eigenvalue weighted by molar-refractivity contribution is 0.403. The van der Waals surface area contributed by atoms with E-state index in [2.05, 4.69) is 10.3 Å². The molecule has 2 heterocycles. The first kappa shape index (κ1) is 12.3. The highest BCUT2D eigenvalue weighted by molar-refractivity contribution is 5.15. The molecular weight excluding hydrogens is 236 g/mol. The van der Waals surface area contributed by atoms with Gasteiger partial charge in [-0.15, -0.1) is 5.10 Å². The molecule has 3 N–H and O–H groups in total. The topological polar surface area (TPSA) is 107 Å². The molecule has 0 aromatic carbocycles. The van der Waals surface area contributed by atoms with E-state index in [1.165, 1.54) is 10.7 Å². The molecule has 7 heteroatoms. The maximum Gasteiger partial charge on any atom is 0.226 e. The van der Waals surface area contributed by atoms with E-state index in [0.29, 0.717) is 11.5 Å². The first-order chi connectivity index (χ1) is 8.36. The second-order valence-electron chi connectivity index (χ2n) is 4.62. The van der Waals surface area contributed by atoms with Crippen molar-refractivity contribution < 1.29 is 9.52 Å². The Balaban J connectivity index is 2.21. The molecule has 0 aliphatic rings. The molecule has 0 radical (unpaired) electrons. The van der Waals surface area contributed by atoms with Crippen molar-refractivity contribution in [3.05, 3.63) is 40.2 Å². The highest BCUT2D eigenvalue weighted by atomic mass is 16.4. The zero-order valence-corrected chi connectivity index (χ0v) is 10.1. The Hall–Kier alpha value is -2.15. The molecule has 18 heavy (non-hydrogen) atoms. The standard InChI is InChI=1S/C11H14N4O3/c1-11(2,12)10-5-15(14-13-10)4-7-3-8(16)9(17)6-18-7/h3,5-6,17H,4,12H2,1-2H3. The Kier molecular flexibility index (Phi) is 2.92. The molecule has 0 saturated heterocycles. The van der Waals surface area contributed by atoms with E-state index in [1.807, 2.05) is 13.8 Å². The van der Waals surface area contributed by atoms with Crippen molar-refractivity contribution in [1.82, 2.24) is 15.0 Å². The van der Waals surface area contributed by atoms with Crippen molar-refractivity contribution in [2.45, 2.75) is 25.9 Å². The molecule has 0 atom stereocenters. The van der Waals surface area contributed by atoms with Gasteiger partial charge in [0.1, 0.15) is 24.3 Å². The number of aromatic hydroxyl groups is 1. The minimum absolute atomic E-state index is 0.249. The van der Waals surface area contributed by atoms with Gasteiger partial charge in [0.15, 0.2) is 5.75 Å². The van der Waals surface area contributed by atoms with Gasteiger partial charge in [-0.2, -0.15) is 0 Å². The predicted molar refractivity (Wildman–Crippen MR) is 63.0 cm³/mol. The van der Waals surface area contributed by atoms with Gasteiger partial charge in [-0.3, -0.25) is 4.79 Å². The Labute approximate surface area is 103 Å². The quantitative estimate of drug-likeness (QED) is 0.804. The van der Waals surface area contributed by atoms with E-state index in [4.69, 9.17) is 15.3 Å². The summed E-state index contributed by atoms with van der Waals surface area (Å²) in [6.45, 7) is 3.89. The van der Waals surface area contributed by atoms with Gasteiger partial charge in [-0.25, -0.2) is 4.68 Å². The summed E-state index contributed by atoms with van der Waals surface area (Å²) in [7, 11) is 0. The third kappa shape index (κ3) is 2.57. The van der Waals surface area contributed by atoms with Crippen LogP contribution in [-0.4, -0.2) is 20.1 Å². The average molecular weight is 250 g/mol. The smallest absolute Gasteiger partial charge is 0.226 e. The number of hydrogen-bond acceptors (Lipinski definition) is 6. The fraction of sp³-hybridized carbons (Fsp3) is 0.364. The molecule has 7 nitrogen and oxygen atoms in total. The van der Waals surface area contributed by atoms with Crippen LogP contribution in [0.5, 0.6) is 5.75 Å². The Morgan fingerprint density at radius 2 is 2.28 bits per heavy atom. The molecule has 0 fully saturated rings. The van der Waals surface area contributed by atoms with Crippen molar-refractivity contribution in [2.24, 2.45) is 5.73 Å². The molecule has 0 spiro atoms. The van der Waals surface area contributed by atoms with Crippen LogP contribution < -0.4 is 11.2 Å². The number of aromatic nitrogens is 3. The van der Waals surface area contributed by atoms with Crippen molar-refractivity contribution >= 4 is 0 Å². The number of rotatable bonds is 3. The van der Waals surface area contributed by atoms with Gasteiger partial charge in [-0.05, 0) is 13.8 Å². The predicted octanol–water partition coefficient (Wildman–Crippen LogP) is 0.179. The molecular formula is C11H14N4O3. The Morgan fingerprint density at radius 3 is 2.83 bits per heavy atom. The van der Waals surface area contributed by atoms with Gasteiger partial charge in [0.2, 0.25) is 5.43 Å². The van der Waals surface area contributed by atoms with Crippen molar-refractivity contribution in [2.75, 3.05) is 0 Å². The van der Waals surface area contributed by atoms with E-state index in [-0.39, 0.29) is 6.54 Å². The summed E-state index contributed by atoms with van der Waals surface area (Å²) in [4.78, 5) is 11.2. The lowest BCUT2D eigenvalue weighted by Crippen LogP contribution is -2.29. The lowest BCUT2D eigenvalue weighted by atomic mass is 10.0. The first-order valence-corrected chi connectivity index (χ1v) is 5.36. The van der Waals surface area contributed by atoms with E-state index in [1.54, 1.807) is 6.20 Å². The summed E-state index contributed by atoms with van der Waals surface area (Å²) in [5, 5.41) is 16.9. The Bertz CT molecular complexity index is 609. The largest absolute Gasteiger partial charge is 0.502 e. The number of nitrogens with zero attached hydrogens (tertiary/aromatic N) is 3. The molecule has 0 saturated carbocycles. The molecule has 0 amide bonds. The van der Waals surface area contributed by atoms with Gasteiger partial charge in [-0.1, -0.05) is 5.21 Å². The molecule has 0 bridgehead atoms. The summed E-state index contributed by atoms with van der Waals surface area (Å²) in [6.07, 6.45) is 2.69. The van der Waals surface area contributed by atoms with Gasteiger partial charge < -0.3 is 15.3 Å². The van der Waals surface area contributed by atoms with Gasteiger partial charge in [0, 0.05) is 6.07 Å². The monoisotopic (exact) mass is 250 g/mol. The van der Waals surface area contributed by atoms with E-state index in [0.717, 1.165) is 6.26 Å². The summed E-state index contributed by atoms with van der Waals surface area (Å²) in [6, 6.07) is 1.21. The summed E-state index contributed by atoms with van der Waals surface area (Å²) >= 11 is 0. The van der Waals surface area contributed by atoms with Crippen LogP contribution in [0.25, 0.3) is 0 Å². The highest BCUT2D eigenvalue weighted by Gasteiger charge is 2.18. The second-order valence-corrected chi connectivity index (χ2v) is 4.62. The third-order valence-corrected chi connectivity index (χ3v) is 2.38. The molecule has 0 aliphatic carbocycles. The first-order valence-electron chi connectivity index (χ1n) is 5.36. The SMILES string of the molecule is CC(C)(N)c1cn(Cc2cc(=O)c(O)co2)nn1. The highest BCUT2D eigenvalue weighted by Crippen LogP contribution is 2.13. The molecule has 2 aromatic rings. The minimum atomic E-state index is -0.575. The molecule has 0 aliphatic heterocycles. The summed E-state index contributed by atoms with van der Waals surface area (Å²) in [5.74, 6) is -0.0369. The van der Waals surface area contributed by atoms with Crippen molar-refractivity contribution in [3.63, 3.8) is 0 Å². The summed E-state index contributed by atoms with van der Waals surface area (Å²) < 4.78 is 6.58. The maximum atomic E-state index is 11.2. The van der Waals surface area contributed by atoms with E-state index in [9.17, 15) is 4.79 Å². The fourth-order valence-electron chi connectivity index (χ4n) is 1.36. The van der Waals surface area contributed by atoms with Crippen LogP contribution in [0.3, 0.4) is 0 Å². The zero-order chi connectivity index (χ0) is 13.3. The van der Waals surface area contributed by atoms with Crippen LogP contribution in [0.15, 0.2) is 27.7 Å². The van der Waals surface area contributed by atoms with Crippen molar-refractivity contribution in [3.8, 4) is 5.75 Å². The van der Waals surface area contributed by atoms with E-state index < -0.39 is 16.7 Å². The third-order valence-electron chi connectivity index (χ3n) is 2.38. The number of hydrogen-bond donors (Lipinski definition) is 2. The van der Waals surface area contributed by atoms with Gasteiger partial charge in [0.25, 0.3) is 0 Å². The summed E-state index contributed by atoms with van der Waals surface area (Å²) in [5.41, 5.74) is 5.46. The van der Waals surface area contributed by atoms with Crippen LogP contribution in [0.1, 0.15) is 25.3 Å². The maximum absolute atomic E-state index is 11.2. The number of nitrogens with two attached hydrogens (primary N) is 1. The van der Waals surface area contributed by atoms with Gasteiger partial charge in [0.05, 0.1) is 11.7 Å². The second kappa shape index (κ2) is 4.26. The van der Waals surface area contributed by atoms with Crippen LogP contribution >= 0.6 is 0 Å².